The Labute approximate surface area is 843 Å². The maximum absolute atomic E-state index is 13.8. The highest BCUT2D eigenvalue weighted by Gasteiger charge is 2.69. The minimum Gasteiger partial charge on any atom is -0.506 e. The Balaban J connectivity index is 0.000000228. The van der Waals surface area contributed by atoms with Crippen molar-refractivity contribution in [1.29, 1.82) is 0 Å². The molecule has 0 spiro atoms. The molecule has 5 amide bonds. The number of aliphatic hydroxyl groups is 9. The number of aliphatic hydroxyl groups excluding tert-OH is 6. The van der Waals surface area contributed by atoms with Gasteiger partial charge in [-0.05, 0) is 125 Å². The van der Waals surface area contributed by atoms with Crippen LogP contribution in [0.4, 0.5) is 9.59 Å². The normalized spacial score (nSPS) is 32.6. The highest BCUT2D eigenvalue weighted by Crippen LogP contribution is 2.53. The van der Waals surface area contributed by atoms with Crippen molar-refractivity contribution in [2.75, 3.05) is 21.1 Å². The Morgan fingerprint density at radius 3 is 1.03 bits per heavy atom. The molecule has 9 heterocycles. The predicted molar refractivity (Wildman–Crippen MR) is 519 cm³/mol. The standard InChI is InChI=1S/C44H52N3O13P.C30H39N3O10.C22H34N3O11P.4CH4/c1-4-34-38(49)37(47(3)43(51)54-25-29-14-8-5-9-15-29)40-41(39(34)50)58-42-44(52,59-40)35(22-28(2)57-42)46-36(48)23-32-20-21-33(24-45-32)60-61(53,55-26-30-16-10-6-11-17-30)56-27-31-18-12-7-13-19-31;1-4-20-24(36)23(33(3)29(38)40-15-17-8-6-5-7-9-17)26-27(25(20)37)42-28-30(39,43-26)21(12-16(2)41-28)32-22(35)13-18-10-11-19(34)14-31-18;1-4-13-17(27)16(23-3)19-20(18(13)28)34-21-22(29,35-19)14(7-10(2)33-21)25-15(26)8-11-5-6-12(9-24-11)36-37(30,31)32;;;;/h5-21,24,28,34-35,37-42,49-50,52H,4,22-23,25-27H2,1-3H3,(H,46,48);5-11,14,16,20-21,23-28,34,36-37,39H,4,12-13,15H2,1-3H3,(H,32,35);5-6,9-10,13-14,16-21,23,27-29H,4,7-8H2,1-3H3,(H,25,26)(H2,30,31,32);4*1H4/t28-,34-,35-,37+,38+,39+,40-,41-,42+,44+;16-,20-,21-,23+,24+,25+,26-,27-,28+,30+;10-,13-,14-,16+,17+,18+,19-,20-,21+,22+;;;;/m111..../s1. The van der Waals surface area contributed by atoms with Gasteiger partial charge < -0.3 is 143 Å². The van der Waals surface area contributed by atoms with E-state index in [-0.39, 0.29) is 112 Å². The summed E-state index contributed by atoms with van der Waals surface area (Å²) in [6, 6.07) is 39.2. The fourth-order valence-electron chi connectivity index (χ4n) is 19.5. The summed E-state index contributed by atoms with van der Waals surface area (Å²) in [7, 11) is -4.37. The molecule has 3 aliphatic carbocycles. The lowest BCUT2D eigenvalue weighted by Gasteiger charge is -2.58. The van der Waals surface area contributed by atoms with Gasteiger partial charge >= 0.3 is 27.8 Å². The third-order valence-corrected chi connectivity index (χ3v) is 28.5. The fourth-order valence-corrected chi connectivity index (χ4v) is 21.0. The number of benzene rings is 4. The molecule has 7 aromatic rings. The number of ether oxygens (including phenoxy) is 11. The molecule has 30 atom stereocenters. The van der Waals surface area contributed by atoms with Gasteiger partial charge in [-0.15, -0.1) is 0 Å². The molecule has 16 rings (SSSR count). The number of amides is 5. The first-order valence-electron chi connectivity index (χ1n) is 46.8. The smallest absolute Gasteiger partial charge is 0.506 e. The second-order valence-corrected chi connectivity index (χ2v) is 39.4. The molecular formula is C100H141N9O34P2. The third-order valence-electron chi connectivity index (χ3n) is 26.8. The Kier molecular flexibility index (Phi) is 41.2. The van der Waals surface area contributed by atoms with Crippen molar-refractivity contribution in [3.8, 4) is 17.2 Å². The van der Waals surface area contributed by atoms with E-state index in [1.165, 1.54) is 72.7 Å². The maximum Gasteiger partial charge on any atom is 0.530 e. The molecule has 4 aromatic carbocycles. The second-order valence-electron chi connectivity index (χ2n) is 36.6. The van der Waals surface area contributed by atoms with Gasteiger partial charge in [0.15, 0.2) is 0 Å². The van der Waals surface area contributed by atoms with Crippen molar-refractivity contribution >= 4 is 45.6 Å². The van der Waals surface area contributed by atoms with Crippen molar-refractivity contribution in [2.24, 2.45) is 17.8 Å². The minimum absolute atomic E-state index is 0. The van der Waals surface area contributed by atoms with Crippen LogP contribution in [0.25, 0.3) is 0 Å². The molecule has 0 bridgehead atoms. The van der Waals surface area contributed by atoms with Gasteiger partial charge in [-0.25, -0.2) is 18.7 Å². The summed E-state index contributed by atoms with van der Waals surface area (Å²) < 4.78 is 112. The van der Waals surface area contributed by atoms with Gasteiger partial charge in [0.05, 0.1) is 142 Å². The number of carbonyl (C=O) groups is 5. The van der Waals surface area contributed by atoms with Gasteiger partial charge in [-0.1, -0.05) is 172 Å². The molecule has 9 fully saturated rings. The van der Waals surface area contributed by atoms with Crippen LogP contribution in [-0.2, 0) is 130 Å². The number of pyridine rings is 3. The topological polar surface area (TPSA) is 594 Å². The molecule has 9 aliphatic rings. The van der Waals surface area contributed by atoms with E-state index >= 15 is 0 Å². The number of phosphoric ester groups is 2. The number of nitrogens with zero attached hydrogens (tertiary/aromatic N) is 5. The Morgan fingerprint density at radius 1 is 0.414 bits per heavy atom. The molecule has 43 nitrogen and oxygen atoms in total. The fraction of sp³-hybridized carbons (Fsp3) is 0.560. The second kappa shape index (κ2) is 51.0. The zero-order chi connectivity index (χ0) is 101. The van der Waals surface area contributed by atoms with Gasteiger partial charge in [0.2, 0.25) is 54.0 Å². The number of carbonyl (C=O) groups excluding carboxylic acids is 5. The van der Waals surface area contributed by atoms with Gasteiger partial charge in [-0.2, -0.15) is 0 Å². The van der Waals surface area contributed by atoms with Crippen LogP contribution in [0.2, 0.25) is 0 Å². The molecule has 6 saturated heterocycles. The number of aromatic hydroxyl groups is 1. The van der Waals surface area contributed by atoms with Crippen LogP contribution in [0.5, 0.6) is 17.2 Å². The number of rotatable bonds is 29. The average Bonchev–Trinajstić information content (AvgIpc) is 0.731. The van der Waals surface area contributed by atoms with Crippen molar-refractivity contribution in [1.82, 2.24) is 46.0 Å². The van der Waals surface area contributed by atoms with Crippen LogP contribution in [0.3, 0.4) is 0 Å². The summed E-state index contributed by atoms with van der Waals surface area (Å²) in [5, 5.41) is 124. The minimum atomic E-state index is -4.73. The van der Waals surface area contributed by atoms with E-state index in [9.17, 15) is 84.2 Å². The largest absolute Gasteiger partial charge is 0.530 e. The van der Waals surface area contributed by atoms with Gasteiger partial charge in [0.1, 0.15) is 67.1 Å². The van der Waals surface area contributed by atoms with E-state index in [1.807, 2.05) is 116 Å². The number of fused-ring (bicyclic) bond motifs is 6. The summed E-state index contributed by atoms with van der Waals surface area (Å²) in [6.07, 6.45) is -15.8. The Bertz CT molecular complexity index is 5340. The quantitative estimate of drug-likeness (QED) is 0.0211. The number of likely N-dealkylation sites (N-methyl/N-ethyl adjacent to an activating group) is 3. The molecule has 3 saturated carbocycles. The van der Waals surface area contributed by atoms with E-state index in [2.05, 4.69) is 40.7 Å². The molecule has 0 unspecified atom stereocenters. The van der Waals surface area contributed by atoms with Gasteiger partial charge in [-0.3, -0.25) is 48.2 Å². The maximum atomic E-state index is 13.8. The van der Waals surface area contributed by atoms with Gasteiger partial charge in [0, 0.05) is 48.9 Å². The first-order valence-corrected chi connectivity index (χ1v) is 49.8. The Morgan fingerprint density at radius 2 is 0.724 bits per heavy atom. The summed E-state index contributed by atoms with van der Waals surface area (Å²) in [5.74, 6) is -10.1. The molecule has 45 heteroatoms. The van der Waals surface area contributed by atoms with E-state index in [0.717, 1.165) is 28.5 Å². The first-order chi connectivity index (χ1) is 67.2. The average molecular weight is 2080 g/mol. The van der Waals surface area contributed by atoms with Crippen molar-refractivity contribution in [3.63, 3.8) is 0 Å². The molecule has 16 N–H and O–H groups in total. The van der Waals surface area contributed by atoms with E-state index in [4.69, 9.17) is 75.5 Å². The number of nitrogens with one attached hydrogen (secondary N) is 4. The van der Waals surface area contributed by atoms with Crippen LogP contribution in [0.1, 0.15) is 149 Å². The lowest BCUT2D eigenvalue weighted by Crippen LogP contribution is -2.77. The zero-order valence-corrected chi connectivity index (χ0v) is 80.8. The third kappa shape index (κ3) is 27.7. The van der Waals surface area contributed by atoms with Crippen molar-refractivity contribution in [2.45, 2.75) is 320 Å². The highest BCUT2D eigenvalue weighted by molar-refractivity contribution is 7.48. The van der Waals surface area contributed by atoms with Crippen LogP contribution in [0, 0.1) is 17.8 Å². The molecular weight excluding hydrogens is 1930 g/mol. The summed E-state index contributed by atoms with van der Waals surface area (Å²) >= 11 is 0. The summed E-state index contributed by atoms with van der Waals surface area (Å²) in [5.41, 5.74) is 4.07. The number of hydrogen-bond donors (Lipinski definition) is 16. The van der Waals surface area contributed by atoms with Crippen molar-refractivity contribution < 1.29 is 164 Å². The lowest BCUT2D eigenvalue weighted by atomic mass is 9.74. The van der Waals surface area contributed by atoms with Crippen LogP contribution < -0.4 is 30.3 Å². The number of phosphoric acid groups is 2. The SMILES string of the molecule is C.C.C.C.CC[C@@H]1[C@H](O)[C@H](NC)[C@H]2O[C@]3(O)[C@H](O[C@@H]2[C@H]1O)O[C@H](C)C[C@H]3NC(=O)Cc1ccc(OP(=O)(O)O)cn1.CC[C@H]1[C@H](O)[C@H]2O[C@@H]3O[C@H](C)C[C@@H](NC(=O)Cc4ccc(O)cn4)[C@]3(O)O[C@@H]2[C@@H](N(C)C(=O)OCc2ccccc2)[C@H]1O.CC[C@H]1[C@H](O)[C@H]2O[C@@H]3O[C@H](C)C[C@@H](NC(=O)Cc4ccc(OP(=O)(OCc5ccccc5)OCc5ccccc5)cn4)[C@]3(O)O[C@@H]2[C@@H](N(C)C(=O)OCc2ccccc2)[C@H]1O. The number of hydrogen-bond acceptors (Lipinski definition) is 36. The molecule has 6 aliphatic heterocycles. The lowest BCUT2D eigenvalue weighted by molar-refractivity contribution is -0.452. The first kappa shape index (κ1) is 117. The highest BCUT2D eigenvalue weighted by atomic mass is 31.2. The molecule has 3 aromatic heterocycles. The van der Waals surface area contributed by atoms with Crippen molar-refractivity contribution in [3.05, 3.63) is 216 Å². The zero-order valence-electron chi connectivity index (χ0n) is 79.0. The van der Waals surface area contributed by atoms with Gasteiger partial charge in [0.25, 0.3) is 0 Å². The predicted octanol–water partition coefficient (Wildman–Crippen LogP) is 6.94. The van der Waals surface area contributed by atoms with Crippen LogP contribution in [-0.4, -0.2) is 301 Å². The van der Waals surface area contributed by atoms with Crippen LogP contribution >= 0.6 is 15.6 Å². The van der Waals surface area contributed by atoms with E-state index in [1.54, 1.807) is 53.8 Å². The van der Waals surface area contributed by atoms with E-state index < -0.39 is 227 Å². The molecule has 145 heavy (non-hydrogen) atoms. The van der Waals surface area contributed by atoms with E-state index in [0.29, 0.717) is 36.3 Å². The summed E-state index contributed by atoms with van der Waals surface area (Å²) in [6.45, 7) is 10.6. The summed E-state index contributed by atoms with van der Waals surface area (Å²) in [4.78, 5) is 98.6. The Hall–Kier alpha value is -9.78. The number of aromatic nitrogens is 3. The molecule has 800 valence electrons. The van der Waals surface area contributed by atoms with Crippen LogP contribution in [0.15, 0.2) is 176 Å². The monoisotopic (exact) mass is 2070 g/mol. The molecule has 0 radical (unpaired) electrons.